The van der Waals surface area contributed by atoms with Gasteiger partial charge in [-0.3, -0.25) is 0 Å². The summed E-state index contributed by atoms with van der Waals surface area (Å²) in [6.07, 6.45) is 4.82. The molecule has 0 atom stereocenters. The van der Waals surface area contributed by atoms with Crippen LogP contribution >= 0.6 is 0 Å². The number of nitrogens with zero attached hydrogens (tertiary/aromatic N) is 3. The number of ether oxygens (including phenoxy) is 1. The molecule has 0 radical (unpaired) electrons. The first-order chi connectivity index (χ1) is 11.4. The SMILES string of the molecule is c1cc2cc(c1)-c1cnn3ccc(nc13)NCCCNCCO2. The van der Waals surface area contributed by atoms with E-state index in [-0.39, 0.29) is 0 Å². The number of aromatic nitrogens is 3. The molecular formula is C17H19N5O. The standard InChI is InChI=1S/C17H19N5O/c1-3-13-11-14(4-1)23-10-8-18-6-2-7-19-16-5-9-22-17(21-16)15(13)12-20-22/h1,3-5,9,11-12,18H,2,6-8,10H2,(H,19,21). The highest BCUT2D eigenvalue weighted by molar-refractivity contribution is 5.78. The highest BCUT2D eigenvalue weighted by Crippen LogP contribution is 2.27. The summed E-state index contributed by atoms with van der Waals surface area (Å²) in [6.45, 7) is 3.34. The fraction of sp³-hybridized carbons (Fsp3) is 0.294. The summed E-state index contributed by atoms with van der Waals surface area (Å²) in [5.74, 6) is 1.74. The molecule has 2 aromatic heterocycles. The number of rotatable bonds is 0. The summed E-state index contributed by atoms with van der Waals surface area (Å²) in [5.41, 5.74) is 2.91. The number of anilines is 1. The van der Waals surface area contributed by atoms with Crippen LogP contribution in [0.15, 0.2) is 42.7 Å². The molecule has 1 aromatic carbocycles. The Morgan fingerprint density at radius 3 is 3.13 bits per heavy atom. The normalized spacial score (nSPS) is 15.5. The molecule has 0 saturated carbocycles. The lowest BCUT2D eigenvalue weighted by Gasteiger charge is -2.08. The van der Waals surface area contributed by atoms with Crippen molar-refractivity contribution in [3.63, 3.8) is 0 Å². The summed E-state index contributed by atoms with van der Waals surface area (Å²) in [6, 6.07) is 10.0. The van der Waals surface area contributed by atoms with Gasteiger partial charge < -0.3 is 15.4 Å². The summed E-state index contributed by atoms with van der Waals surface area (Å²) in [7, 11) is 0. The van der Waals surface area contributed by atoms with E-state index in [9.17, 15) is 0 Å². The van der Waals surface area contributed by atoms with Crippen molar-refractivity contribution >= 4 is 11.5 Å². The van der Waals surface area contributed by atoms with Crippen LogP contribution in [-0.2, 0) is 0 Å². The smallest absolute Gasteiger partial charge is 0.165 e. The van der Waals surface area contributed by atoms with Crippen LogP contribution in [-0.4, -0.2) is 40.8 Å². The molecule has 0 amide bonds. The van der Waals surface area contributed by atoms with Gasteiger partial charge in [0.1, 0.15) is 18.2 Å². The molecule has 3 heterocycles. The Balaban J connectivity index is 1.78. The number of nitrogens with one attached hydrogen (secondary N) is 2. The number of hydrogen-bond acceptors (Lipinski definition) is 5. The zero-order chi connectivity index (χ0) is 15.5. The molecule has 6 heteroatoms. The molecule has 1 aliphatic rings. The molecule has 0 spiro atoms. The van der Waals surface area contributed by atoms with E-state index in [1.807, 2.05) is 36.7 Å². The molecule has 2 N–H and O–H groups in total. The first-order valence-electron chi connectivity index (χ1n) is 7.92. The van der Waals surface area contributed by atoms with Crippen molar-refractivity contribution in [1.29, 1.82) is 0 Å². The maximum atomic E-state index is 5.82. The molecule has 6 nitrogen and oxygen atoms in total. The third-order valence-corrected chi connectivity index (χ3v) is 3.90. The summed E-state index contributed by atoms with van der Waals surface area (Å²) < 4.78 is 7.62. The minimum atomic E-state index is 0.659. The third kappa shape index (κ3) is 2.98. The molecule has 0 fully saturated rings. The van der Waals surface area contributed by atoms with Gasteiger partial charge in [0.25, 0.3) is 0 Å². The Labute approximate surface area is 134 Å². The average molecular weight is 309 g/mol. The van der Waals surface area contributed by atoms with E-state index in [1.165, 1.54) is 0 Å². The summed E-state index contributed by atoms with van der Waals surface area (Å²) >= 11 is 0. The second-order valence-electron chi connectivity index (χ2n) is 5.55. The fourth-order valence-corrected chi connectivity index (χ4v) is 2.72. The first kappa shape index (κ1) is 14.0. The minimum absolute atomic E-state index is 0.659. The predicted octanol–water partition coefficient (Wildman–Crippen LogP) is 2.18. The Morgan fingerprint density at radius 2 is 2.13 bits per heavy atom. The van der Waals surface area contributed by atoms with Crippen LogP contribution in [0.4, 0.5) is 5.82 Å². The van der Waals surface area contributed by atoms with Crippen LogP contribution in [0.5, 0.6) is 5.75 Å². The van der Waals surface area contributed by atoms with Gasteiger partial charge in [-0.15, -0.1) is 0 Å². The van der Waals surface area contributed by atoms with Crippen molar-refractivity contribution in [2.24, 2.45) is 0 Å². The fourth-order valence-electron chi connectivity index (χ4n) is 2.72. The molecule has 0 saturated heterocycles. The van der Waals surface area contributed by atoms with Crippen LogP contribution in [0.2, 0.25) is 0 Å². The van der Waals surface area contributed by atoms with Gasteiger partial charge >= 0.3 is 0 Å². The molecule has 23 heavy (non-hydrogen) atoms. The Hall–Kier alpha value is -2.60. The van der Waals surface area contributed by atoms with Gasteiger partial charge in [0.2, 0.25) is 0 Å². The van der Waals surface area contributed by atoms with Gasteiger partial charge in [-0.25, -0.2) is 9.50 Å². The van der Waals surface area contributed by atoms with E-state index in [2.05, 4.69) is 21.8 Å². The largest absolute Gasteiger partial charge is 0.492 e. The monoisotopic (exact) mass is 309 g/mol. The first-order valence-corrected chi connectivity index (χ1v) is 7.92. The highest BCUT2D eigenvalue weighted by atomic mass is 16.5. The van der Waals surface area contributed by atoms with E-state index in [0.29, 0.717) is 6.61 Å². The molecule has 1 aliphatic heterocycles. The average Bonchev–Trinajstić information content (AvgIpc) is 3.00. The second-order valence-corrected chi connectivity index (χ2v) is 5.55. The van der Waals surface area contributed by atoms with Crippen LogP contribution < -0.4 is 15.4 Å². The van der Waals surface area contributed by atoms with Crippen LogP contribution in [0.1, 0.15) is 6.42 Å². The molecule has 4 rings (SSSR count). The molecule has 0 aliphatic carbocycles. The lowest BCUT2D eigenvalue weighted by atomic mass is 10.1. The van der Waals surface area contributed by atoms with Crippen molar-refractivity contribution < 1.29 is 4.74 Å². The highest BCUT2D eigenvalue weighted by Gasteiger charge is 2.10. The van der Waals surface area contributed by atoms with Gasteiger partial charge in [-0.2, -0.15) is 5.10 Å². The Bertz CT molecular complexity index is 814. The molecule has 3 aromatic rings. The van der Waals surface area contributed by atoms with E-state index < -0.39 is 0 Å². The van der Waals surface area contributed by atoms with Crippen LogP contribution in [0, 0.1) is 0 Å². The second kappa shape index (κ2) is 6.26. The van der Waals surface area contributed by atoms with Gasteiger partial charge in [0, 0.05) is 24.8 Å². The van der Waals surface area contributed by atoms with Crippen LogP contribution in [0.25, 0.3) is 16.8 Å². The van der Waals surface area contributed by atoms with Crippen LogP contribution in [0.3, 0.4) is 0 Å². The molecule has 118 valence electrons. The maximum Gasteiger partial charge on any atom is 0.165 e. The van der Waals surface area contributed by atoms with Gasteiger partial charge in [-0.1, -0.05) is 12.1 Å². The van der Waals surface area contributed by atoms with Gasteiger partial charge in [-0.05, 0) is 36.7 Å². The van der Waals surface area contributed by atoms with Crippen molar-refractivity contribution in [2.45, 2.75) is 6.42 Å². The molecule has 4 bridgehead atoms. The Morgan fingerprint density at radius 1 is 1.13 bits per heavy atom. The topological polar surface area (TPSA) is 63.5 Å². The number of fused-ring (bicyclic) bond motifs is 4. The zero-order valence-corrected chi connectivity index (χ0v) is 12.8. The van der Waals surface area contributed by atoms with E-state index in [0.717, 1.165) is 54.4 Å². The lowest BCUT2D eigenvalue weighted by molar-refractivity contribution is 0.314. The van der Waals surface area contributed by atoms with Gasteiger partial charge in [0.05, 0.1) is 6.20 Å². The predicted molar refractivity (Wildman–Crippen MR) is 89.9 cm³/mol. The van der Waals surface area contributed by atoms with E-state index >= 15 is 0 Å². The van der Waals surface area contributed by atoms with E-state index in [4.69, 9.17) is 9.72 Å². The molecular weight excluding hydrogens is 290 g/mol. The number of benzene rings is 1. The van der Waals surface area contributed by atoms with Crippen molar-refractivity contribution in [3.05, 3.63) is 42.7 Å². The molecule has 0 unspecified atom stereocenters. The zero-order valence-electron chi connectivity index (χ0n) is 12.8. The van der Waals surface area contributed by atoms with Gasteiger partial charge in [0.15, 0.2) is 5.65 Å². The maximum absolute atomic E-state index is 5.82. The minimum Gasteiger partial charge on any atom is -0.492 e. The lowest BCUT2D eigenvalue weighted by Crippen LogP contribution is -2.23. The third-order valence-electron chi connectivity index (χ3n) is 3.90. The van der Waals surface area contributed by atoms with Crippen molar-refractivity contribution in [1.82, 2.24) is 19.9 Å². The van der Waals surface area contributed by atoms with Crippen molar-refractivity contribution in [2.75, 3.05) is 31.6 Å². The van der Waals surface area contributed by atoms with E-state index in [1.54, 1.807) is 4.52 Å². The Kier molecular flexibility index (Phi) is 3.81. The summed E-state index contributed by atoms with van der Waals surface area (Å²) in [4.78, 5) is 4.71. The quantitative estimate of drug-likeness (QED) is 0.666. The number of hydrogen-bond donors (Lipinski definition) is 2. The summed E-state index contributed by atoms with van der Waals surface area (Å²) in [5, 5.41) is 11.1. The van der Waals surface area contributed by atoms with Crippen molar-refractivity contribution in [3.8, 4) is 16.9 Å².